The van der Waals surface area contributed by atoms with E-state index in [4.69, 9.17) is 4.74 Å². The topological polar surface area (TPSA) is 78.8 Å². The van der Waals surface area contributed by atoms with Gasteiger partial charge in [-0.2, -0.15) is 0 Å². The molecule has 0 radical (unpaired) electrons. The average Bonchev–Trinajstić information content (AvgIpc) is 2.64. The van der Waals surface area contributed by atoms with Gasteiger partial charge < -0.3 is 19.6 Å². The number of ether oxygens (including phenoxy) is 1. The molecule has 2 aromatic rings. The minimum atomic E-state index is -1.02. The normalized spacial score (nSPS) is 18.0. The van der Waals surface area contributed by atoms with E-state index in [1.54, 1.807) is 24.4 Å². The number of piperazine rings is 1. The van der Waals surface area contributed by atoms with Crippen molar-refractivity contribution >= 4 is 11.9 Å². The van der Waals surface area contributed by atoms with Gasteiger partial charge in [0.05, 0.1) is 12.3 Å². The number of nitrogens with zero attached hydrogens (tertiary/aromatic N) is 4. The first-order valence-electron chi connectivity index (χ1n) is 8.78. The second-order valence-corrected chi connectivity index (χ2v) is 6.47. The average molecular weight is 356 g/mol. The maximum absolute atomic E-state index is 11.5. The highest BCUT2D eigenvalue weighted by Gasteiger charge is 2.23. The SMILES string of the molecule is CCOc1ccc(-c2ccnc(N3CCN(C)C(C)C3)n2)cc1C(=O)O. The van der Waals surface area contributed by atoms with Crippen LogP contribution in [0.3, 0.4) is 0 Å². The second kappa shape index (κ2) is 7.70. The van der Waals surface area contributed by atoms with E-state index in [1.165, 1.54) is 0 Å². The number of carboxylic acids is 1. The van der Waals surface area contributed by atoms with Crippen LogP contribution in [0.5, 0.6) is 5.75 Å². The number of hydrogen-bond acceptors (Lipinski definition) is 6. The number of hydrogen-bond donors (Lipinski definition) is 1. The number of carboxylic acid groups (broad SMARTS) is 1. The molecule has 1 aliphatic heterocycles. The van der Waals surface area contributed by atoms with Gasteiger partial charge in [0.2, 0.25) is 5.95 Å². The lowest BCUT2D eigenvalue weighted by atomic mass is 10.1. The summed E-state index contributed by atoms with van der Waals surface area (Å²) in [6, 6.07) is 7.34. The fourth-order valence-corrected chi connectivity index (χ4v) is 3.03. The van der Waals surface area contributed by atoms with Crippen molar-refractivity contribution in [3.63, 3.8) is 0 Å². The summed E-state index contributed by atoms with van der Waals surface area (Å²) in [5, 5.41) is 9.45. The molecule has 0 aliphatic carbocycles. The van der Waals surface area contributed by atoms with E-state index in [0.29, 0.717) is 30.0 Å². The van der Waals surface area contributed by atoms with Crippen molar-refractivity contribution in [2.45, 2.75) is 19.9 Å². The Labute approximate surface area is 153 Å². The van der Waals surface area contributed by atoms with Gasteiger partial charge >= 0.3 is 5.97 Å². The number of anilines is 1. The number of likely N-dealkylation sites (N-methyl/N-ethyl adjacent to an activating group) is 1. The molecule has 0 amide bonds. The lowest BCUT2D eigenvalue weighted by Gasteiger charge is -2.37. The van der Waals surface area contributed by atoms with E-state index >= 15 is 0 Å². The summed E-state index contributed by atoms with van der Waals surface area (Å²) in [5.74, 6) is 0.0246. The summed E-state index contributed by atoms with van der Waals surface area (Å²) < 4.78 is 5.40. The number of carbonyl (C=O) groups is 1. The van der Waals surface area contributed by atoms with Crippen LogP contribution in [0.15, 0.2) is 30.5 Å². The molecule has 0 bridgehead atoms. The molecule has 138 valence electrons. The third-order valence-corrected chi connectivity index (χ3v) is 4.69. The monoisotopic (exact) mass is 356 g/mol. The molecule has 26 heavy (non-hydrogen) atoms. The van der Waals surface area contributed by atoms with E-state index < -0.39 is 5.97 Å². The fourth-order valence-electron chi connectivity index (χ4n) is 3.03. The molecule has 7 heteroatoms. The summed E-state index contributed by atoms with van der Waals surface area (Å²) in [5.41, 5.74) is 1.57. The highest BCUT2D eigenvalue weighted by atomic mass is 16.5. The van der Waals surface area contributed by atoms with E-state index in [9.17, 15) is 9.90 Å². The summed E-state index contributed by atoms with van der Waals surface area (Å²) >= 11 is 0. The Morgan fingerprint density at radius 3 is 2.85 bits per heavy atom. The molecule has 1 saturated heterocycles. The first-order chi connectivity index (χ1) is 12.5. The van der Waals surface area contributed by atoms with E-state index in [0.717, 1.165) is 25.2 Å². The molecule has 0 spiro atoms. The molecular weight excluding hydrogens is 332 g/mol. The lowest BCUT2D eigenvalue weighted by molar-refractivity contribution is 0.0692. The van der Waals surface area contributed by atoms with Crippen LogP contribution in [-0.2, 0) is 0 Å². The lowest BCUT2D eigenvalue weighted by Crippen LogP contribution is -2.50. The van der Waals surface area contributed by atoms with Crippen molar-refractivity contribution in [1.82, 2.24) is 14.9 Å². The van der Waals surface area contributed by atoms with Gasteiger partial charge in [0, 0.05) is 37.4 Å². The van der Waals surface area contributed by atoms with Crippen LogP contribution in [0.4, 0.5) is 5.95 Å². The molecule has 1 N–H and O–H groups in total. The van der Waals surface area contributed by atoms with Crippen LogP contribution < -0.4 is 9.64 Å². The quantitative estimate of drug-likeness (QED) is 0.881. The molecular formula is C19H24N4O3. The minimum Gasteiger partial charge on any atom is -0.493 e. The van der Waals surface area contributed by atoms with Gasteiger partial charge in [-0.05, 0) is 45.2 Å². The summed E-state index contributed by atoms with van der Waals surface area (Å²) in [6.07, 6.45) is 1.72. The molecule has 0 saturated carbocycles. The third-order valence-electron chi connectivity index (χ3n) is 4.69. The first-order valence-corrected chi connectivity index (χ1v) is 8.78. The van der Waals surface area contributed by atoms with Crippen molar-refractivity contribution in [2.24, 2.45) is 0 Å². The van der Waals surface area contributed by atoms with Gasteiger partial charge in [-0.3, -0.25) is 0 Å². The zero-order chi connectivity index (χ0) is 18.7. The van der Waals surface area contributed by atoms with Gasteiger partial charge in [0.1, 0.15) is 11.3 Å². The summed E-state index contributed by atoms with van der Waals surface area (Å²) in [7, 11) is 2.12. The molecule has 7 nitrogen and oxygen atoms in total. The van der Waals surface area contributed by atoms with Gasteiger partial charge in [-0.1, -0.05) is 0 Å². The molecule has 1 fully saturated rings. The van der Waals surface area contributed by atoms with E-state index in [2.05, 4.69) is 33.7 Å². The smallest absolute Gasteiger partial charge is 0.339 e. The molecule has 2 heterocycles. The summed E-state index contributed by atoms with van der Waals surface area (Å²) in [6.45, 7) is 7.12. The van der Waals surface area contributed by atoms with Gasteiger partial charge in [0.25, 0.3) is 0 Å². The van der Waals surface area contributed by atoms with Gasteiger partial charge in [-0.15, -0.1) is 0 Å². The van der Waals surface area contributed by atoms with Crippen LogP contribution in [0, 0.1) is 0 Å². The Morgan fingerprint density at radius 2 is 2.15 bits per heavy atom. The second-order valence-electron chi connectivity index (χ2n) is 6.47. The fraction of sp³-hybridized carbons (Fsp3) is 0.421. The number of aromatic carboxylic acids is 1. The zero-order valence-electron chi connectivity index (χ0n) is 15.3. The van der Waals surface area contributed by atoms with Crippen LogP contribution in [0.2, 0.25) is 0 Å². The van der Waals surface area contributed by atoms with Crippen LogP contribution in [-0.4, -0.2) is 65.3 Å². The molecule has 1 aromatic heterocycles. The third kappa shape index (κ3) is 3.77. The Kier molecular flexibility index (Phi) is 5.37. The maximum atomic E-state index is 11.5. The van der Waals surface area contributed by atoms with Gasteiger partial charge in [0.15, 0.2) is 0 Å². The largest absolute Gasteiger partial charge is 0.493 e. The molecule has 1 unspecified atom stereocenters. The number of benzene rings is 1. The van der Waals surface area contributed by atoms with Crippen LogP contribution >= 0.6 is 0 Å². The molecule has 1 aliphatic rings. The minimum absolute atomic E-state index is 0.137. The Morgan fingerprint density at radius 1 is 1.35 bits per heavy atom. The zero-order valence-corrected chi connectivity index (χ0v) is 15.3. The van der Waals surface area contributed by atoms with Crippen LogP contribution in [0.1, 0.15) is 24.2 Å². The first kappa shape index (κ1) is 18.1. The Bertz CT molecular complexity index is 796. The maximum Gasteiger partial charge on any atom is 0.339 e. The van der Waals surface area contributed by atoms with Gasteiger partial charge in [-0.25, -0.2) is 14.8 Å². The standard InChI is InChI=1S/C19H24N4O3/c1-4-26-17-6-5-14(11-15(17)18(24)25)16-7-8-20-19(21-16)23-10-9-22(3)13(2)12-23/h5-8,11,13H,4,9-10,12H2,1-3H3,(H,24,25). The Balaban J connectivity index is 1.90. The Hall–Kier alpha value is -2.67. The molecule has 1 aromatic carbocycles. The van der Waals surface area contributed by atoms with Crippen molar-refractivity contribution in [3.05, 3.63) is 36.0 Å². The number of rotatable bonds is 5. The number of aromatic nitrogens is 2. The van der Waals surface area contributed by atoms with E-state index in [-0.39, 0.29) is 5.56 Å². The van der Waals surface area contributed by atoms with Crippen molar-refractivity contribution in [3.8, 4) is 17.0 Å². The molecule has 3 rings (SSSR count). The predicted octanol–water partition coefficient (Wildman–Crippen LogP) is 2.38. The highest BCUT2D eigenvalue weighted by molar-refractivity contribution is 5.92. The molecule has 1 atom stereocenters. The highest BCUT2D eigenvalue weighted by Crippen LogP contribution is 2.27. The summed E-state index contributed by atoms with van der Waals surface area (Å²) in [4.78, 5) is 25.1. The van der Waals surface area contributed by atoms with Crippen molar-refractivity contribution in [1.29, 1.82) is 0 Å². The van der Waals surface area contributed by atoms with Crippen molar-refractivity contribution < 1.29 is 14.6 Å². The van der Waals surface area contributed by atoms with Crippen LogP contribution in [0.25, 0.3) is 11.3 Å². The predicted molar refractivity (Wildman–Crippen MR) is 99.9 cm³/mol. The van der Waals surface area contributed by atoms with Crippen molar-refractivity contribution in [2.75, 3.05) is 38.2 Å². The van der Waals surface area contributed by atoms with E-state index in [1.807, 2.05) is 13.0 Å².